The number of carbonyl (C=O) groups excluding carboxylic acids is 1. The molecule has 94 valence electrons. The van der Waals surface area contributed by atoms with E-state index in [0.717, 1.165) is 0 Å². The Balaban J connectivity index is 2.16. The lowest BCUT2D eigenvalue weighted by molar-refractivity contribution is 0.101. The van der Waals surface area contributed by atoms with Crippen LogP contribution in [0, 0.1) is 12.7 Å². The van der Waals surface area contributed by atoms with Crippen molar-refractivity contribution in [2.24, 2.45) is 0 Å². The predicted octanol–water partition coefficient (Wildman–Crippen LogP) is 1.81. The van der Waals surface area contributed by atoms with Crippen LogP contribution in [0.5, 0.6) is 0 Å². The molecular weight excluding hydrogens is 239 g/mol. The predicted molar refractivity (Wildman–Crippen MR) is 62.9 cm³/mol. The summed E-state index contributed by atoms with van der Waals surface area (Å²) in [5.41, 5.74) is 0.727. The molecule has 1 heterocycles. The van der Waals surface area contributed by atoms with Gasteiger partial charge in [0.15, 0.2) is 0 Å². The third-order valence-corrected chi connectivity index (χ3v) is 2.22. The zero-order valence-electron chi connectivity index (χ0n) is 9.82. The molecule has 6 nitrogen and oxygen atoms in total. The fourth-order valence-electron chi connectivity index (χ4n) is 1.37. The average molecular weight is 250 g/mol. The zero-order chi connectivity index (χ0) is 13.1. The summed E-state index contributed by atoms with van der Waals surface area (Å²) < 4.78 is 17.9. The van der Waals surface area contributed by atoms with Crippen molar-refractivity contribution < 1.29 is 13.7 Å². The lowest BCUT2D eigenvalue weighted by Crippen LogP contribution is -2.14. The lowest BCUT2D eigenvalue weighted by Gasteiger charge is -2.06. The first kappa shape index (κ1) is 12.0. The van der Waals surface area contributed by atoms with Crippen molar-refractivity contribution in [3.63, 3.8) is 0 Å². The number of hydrogen-bond donors (Lipinski definition) is 2. The number of benzene rings is 1. The van der Waals surface area contributed by atoms with Crippen molar-refractivity contribution in [3.8, 4) is 0 Å². The highest BCUT2D eigenvalue weighted by molar-refractivity contribution is 6.01. The van der Waals surface area contributed by atoms with Crippen LogP contribution in [0.25, 0.3) is 0 Å². The van der Waals surface area contributed by atoms with Gasteiger partial charge in [-0.05, 0) is 18.2 Å². The fourth-order valence-corrected chi connectivity index (χ4v) is 1.37. The largest absolute Gasteiger partial charge is 0.386 e. The van der Waals surface area contributed by atoms with Crippen LogP contribution in [-0.4, -0.2) is 23.1 Å². The first-order valence-corrected chi connectivity index (χ1v) is 5.19. The van der Waals surface area contributed by atoms with Gasteiger partial charge >= 0.3 is 0 Å². The Morgan fingerprint density at radius 3 is 2.83 bits per heavy atom. The first-order chi connectivity index (χ1) is 8.60. The van der Waals surface area contributed by atoms with Gasteiger partial charge in [0.25, 0.3) is 11.7 Å². The minimum absolute atomic E-state index is 0.0668. The summed E-state index contributed by atoms with van der Waals surface area (Å²) in [6.07, 6.45) is 0. The second-order valence-electron chi connectivity index (χ2n) is 3.54. The van der Waals surface area contributed by atoms with E-state index in [0.29, 0.717) is 11.6 Å². The Morgan fingerprint density at radius 1 is 1.44 bits per heavy atom. The van der Waals surface area contributed by atoms with Gasteiger partial charge in [-0.15, -0.1) is 0 Å². The quantitative estimate of drug-likeness (QED) is 0.868. The molecule has 0 unspecified atom stereocenters. The SMILES string of the molecule is CNc1cc(NC(=O)c2noc(C)n2)ccc1F. The number of carbonyl (C=O) groups is 1. The Labute approximate surface area is 102 Å². The number of aromatic nitrogens is 2. The van der Waals surface area contributed by atoms with Gasteiger partial charge in [-0.3, -0.25) is 4.79 Å². The van der Waals surface area contributed by atoms with E-state index in [2.05, 4.69) is 20.8 Å². The van der Waals surface area contributed by atoms with Crippen molar-refractivity contribution in [2.45, 2.75) is 6.92 Å². The molecule has 0 aliphatic carbocycles. The molecule has 2 rings (SSSR count). The highest BCUT2D eigenvalue weighted by Crippen LogP contribution is 2.19. The van der Waals surface area contributed by atoms with E-state index in [4.69, 9.17) is 4.52 Å². The van der Waals surface area contributed by atoms with Crippen LogP contribution in [-0.2, 0) is 0 Å². The molecule has 18 heavy (non-hydrogen) atoms. The third-order valence-electron chi connectivity index (χ3n) is 2.22. The molecular formula is C11H11FN4O2. The minimum atomic E-state index is -0.513. The van der Waals surface area contributed by atoms with Gasteiger partial charge in [0, 0.05) is 19.7 Å². The van der Waals surface area contributed by atoms with E-state index in [1.165, 1.54) is 18.2 Å². The smallest absolute Gasteiger partial charge is 0.297 e. The summed E-state index contributed by atoms with van der Waals surface area (Å²) in [6.45, 7) is 1.58. The topological polar surface area (TPSA) is 80.0 Å². The number of aryl methyl sites for hydroxylation is 1. The van der Waals surface area contributed by atoms with Gasteiger partial charge in [0.05, 0.1) is 5.69 Å². The molecule has 0 spiro atoms. The molecule has 7 heteroatoms. The van der Waals surface area contributed by atoms with Crippen LogP contribution in [0.1, 0.15) is 16.5 Å². The number of halogens is 1. The standard InChI is InChI=1S/C11H11FN4O2/c1-6-14-10(16-18-6)11(17)15-7-3-4-8(12)9(5-7)13-2/h3-5,13H,1-2H3,(H,15,17). The Kier molecular flexibility index (Phi) is 3.22. The Morgan fingerprint density at radius 2 is 2.22 bits per heavy atom. The highest BCUT2D eigenvalue weighted by Gasteiger charge is 2.13. The molecule has 1 aromatic heterocycles. The van der Waals surface area contributed by atoms with E-state index in [1.807, 2.05) is 0 Å². The number of amides is 1. The molecule has 0 aliphatic rings. The van der Waals surface area contributed by atoms with Crippen molar-refractivity contribution >= 4 is 17.3 Å². The molecule has 1 amide bonds. The molecule has 0 bridgehead atoms. The summed E-state index contributed by atoms with van der Waals surface area (Å²) in [4.78, 5) is 15.5. The zero-order valence-corrected chi connectivity index (χ0v) is 9.82. The van der Waals surface area contributed by atoms with Gasteiger partial charge < -0.3 is 15.2 Å². The summed E-state index contributed by atoms with van der Waals surface area (Å²) >= 11 is 0. The molecule has 0 fully saturated rings. The number of anilines is 2. The minimum Gasteiger partial charge on any atom is -0.386 e. The number of hydrogen-bond acceptors (Lipinski definition) is 5. The number of nitrogens with one attached hydrogen (secondary N) is 2. The maximum absolute atomic E-state index is 13.2. The number of rotatable bonds is 3. The Hall–Kier alpha value is -2.44. The molecule has 0 saturated heterocycles. The maximum atomic E-state index is 13.2. The van der Waals surface area contributed by atoms with Crippen molar-refractivity contribution in [2.75, 3.05) is 17.7 Å². The molecule has 0 saturated carbocycles. The van der Waals surface area contributed by atoms with E-state index >= 15 is 0 Å². The lowest BCUT2D eigenvalue weighted by atomic mass is 10.2. The second-order valence-corrected chi connectivity index (χ2v) is 3.54. The maximum Gasteiger partial charge on any atom is 0.297 e. The summed E-state index contributed by atoms with van der Waals surface area (Å²) in [5.74, 6) is -0.676. The summed E-state index contributed by atoms with van der Waals surface area (Å²) in [5, 5.41) is 8.70. The van der Waals surface area contributed by atoms with Crippen LogP contribution in [0.3, 0.4) is 0 Å². The summed E-state index contributed by atoms with van der Waals surface area (Å²) in [7, 11) is 1.59. The van der Waals surface area contributed by atoms with Crippen LogP contribution in [0.15, 0.2) is 22.7 Å². The van der Waals surface area contributed by atoms with Gasteiger partial charge in [-0.1, -0.05) is 5.16 Å². The van der Waals surface area contributed by atoms with Crippen LogP contribution in [0.2, 0.25) is 0 Å². The highest BCUT2D eigenvalue weighted by atomic mass is 19.1. The summed E-state index contributed by atoms with van der Waals surface area (Å²) in [6, 6.07) is 4.17. The van der Waals surface area contributed by atoms with Gasteiger partial charge in [0.2, 0.25) is 5.89 Å². The molecule has 0 aliphatic heterocycles. The van der Waals surface area contributed by atoms with Crippen LogP contribution < -0.4 is 10.6 Å². The number of nitrogens with zero attached hydrogens (tertiary/aromatic N) is 2. The molecule has 2 aromatic rings. The van der Waals surface area contributed by atoms with E-state index in [9.17, 15) is 9.18 Å². The van der Waals surface area contributed by atoms with Crippen LogP contribution in [0.4, 0.5) is 15.8 Å². The first-order valence-electron chi connectivity index (χ1n) is 5.19. The van der Waals surface area contributed by atoms with E-state index in [1.54, 1.807) is 14.0 Å². The molecule has 0 atom stereocenters. The third kappa shape index (κ3) is 2.45. The fraction of sp³-hybridized carbons (Fsp3) is 0.182. The van der Waals surface area contributed by atoms with Crippen LogP contribution >= 0.6 is 0 Å². The Bertz CT molecular complexity index is 582. The van der Waals surface area contributed by atoms with Crippen molar-refractivity contribution in [1.82, 2.24) is 10.1 Å². The average Bonchev–Trinajstić information content (AvgIpc) is 2.78. The molecule has 2 N–H and O–H groups in total. The monoisotopic (exact) mass is 250 g/mol. The molecule has 0 radical (unpaired) electrons. The van der Waals surface area contributed by atoms with E-state index in [-0.39, 0.29) is 11.5 Å². The van der Waals surface area contributed by atoms with Crippen molar-refractivity contribution in [3.05, 3.63) is 35.7 Å². The van der Waals surface area contributed by atoms with Gasteiger partial charge in [-0.2, -0.15) is 4.98 Å². The second kappa shape index (κ2) is 4.82. The van der Waals surface area contributed by atoms with Gasteiger partial charge in [-0.25, -0.2) is 4.39 Å². The normalized spacial score (nSPS) is 10.2. The van der Waals surface area contributed by atoms with E-state index < -0.39 is 11.7 Å². The molecule has 1 aromatic carbocycles. The van der Waals surface area contributed by atoms with Gasteiger partial charge in [0.1, 0.15) is 5.82 Å². The van der Waals surface area contributed by atoms with Crippen molar-refractivity contribution in [1.29, 1.82) is 0 Å².